The summed E-state index contributed by atoms with van der Waals surface area (Å²) in [6.07, 6.45) is 3.87. The van der Waals surface area contributed by atoms with E-state index in [9.17, 15) is 9.59 Å². The fraction of sp³-hybridized carbons (Fsp3) is 0.182. The van der Waals surface area contributed by atoms with Gasteiger partial charge >= 0.3 is 5.97 Å². The van der Waals surface area contributed by atoms with Gasteiger partial charge in [-0.1, -0.05) is 48.5 Å². The molecule has 0 radical (unpaired) electrons. The van der Waals surface area contributed by atoms with E-state index in [0.717, 1.165) is 11.1 Å². The van der Waals surface area contributed by atoms with Crippen LogP contribution >= 0.6 is 0 Å². The van der Waals surface area contributed by atoms with Gasteiger partial charge < -0.3 is 15.0 Å². The van der Waals surface area contributed by atoms with Crippen molar-refractivity contribution in [1.29, 1.82) is 0 Å². The number of hydrogen-bond donors (Lipinski definition) is 1. The number of nitrogens with zero attached hydrogens (tertiary/aromatic N) is 3. The lowest BCUT2D eigenvalue weighted by Gasteiger charge is -2.15. The summed E-state index contributed by atoms with van der Waals surface area (Å²) in [5, 5.41) is 2.82. The smallest absolute Gasteiger partial charge is 0.326 e. The molecule has 0 fully saturated rings. The Balaban J connectivity index is 1.51. The molecule has 3 rings (SSSR count). The number of nitrogens with one attached hydrogen (secondary N) is 1. The van der Waals surface area contributed by atoms with Crippen LogP contribution in [0, 0.1) is 0 Å². The third-order valence-electron chi connectivity index (χ3n) is 4.15. The van der Waals surface area contributed by atoms with Gasteiger partial charge in [0.25, 0.3) is 5.91 Å². The number of carbonyl (C=O) groups is 2. The van der Waals surface area contributed by atoms with Gasteiger partial charge in [-0.25, -0.2) is 9.97 Å². The third-order valence-corrected chi connectivity index (χ3v) is 4.15. The van der Waals surface area contributed by atoms with Crippen molar-refractivity contribution in [1.82, 2.24) is 9.97 Å². The van der Waals surface area contributed by atoms with Crippen molar-refractivity contribution in [2.75, 3.05) is 30.4 Å². The van der Waals surface area contributed by atoms with Crippen LogP contribution < -0.4 is 10.2 Å². The molecule has 0 aliphatic rings. The summed E-state index contributed by atoms with van der Waals surface area (Å²) < 4.78 is 5.08. The summed E-state index contributed by atoms with van der Waals surface area (Å²) in [5.74, 6) is -0.520. The Hall–Kier alpha value is -3.74. The average Bonchev–Trinajstić information content (AvgIpc) is 2.75. The number of para-hydroxylation sites is 1. The van der Waals surface area contributed by atoms with Gasteiger partial charge in [-0.2, -0.15) is 0 Å². The van der Waals surface area contributed by atoms with Gasteiger partial charge in [-0.3, -0.25) is 9.59 Å². The largest absolute Gasteiger partial charge is 0.454 e. The summed E-state index contributed by atoms with van der Waals surface area (Å²) >= 11 is 0. The number of anilines is 2. The van der Waals surface area contributed by atoms with Crippen LogP contribution in [-0.4, -0.2) is 42.0 Å². The van der Waals surface area contributed by atoms with Crippen LogP contribution in [0.2, 0.25) is 0 Å². The maximum absolute atomic E-state index is 12.3. The number of aromatic nitrogens is 2. The van der Waals surface area contributed by atoms with Gasteiger partial charge in [0.05, 0.1) is 0 Å². The first-order chi connectivity index (χ1) is 14.1. The number of ether oxygens (including phenoxy) is 1. The summed E-state index contributed by atoms with van der Waals surface area (Å²) in [6.45, 7) is -0.413. The molecule has 7 nitrogen and oxygen atoms in total. The zero-order chi connectivity index (χ0) is 20.5. The van der Waals surface area contributed by atoms with Crippen LogP contribution in [0.1, 0.15) is 11.1 Å². The average molecular weight is 390 g/mol. The van der Waals surface area contributed by atoms with Crippen LogP contribution in [0.15, 0.2) is 73.1 Å². The van der Waals surface area contributed by atoms with Crippen molar-refractivity contribution < 1.29 is 14.3 Å². The predicted molar refractivity (Wildman–Crippen MR) is 111 cm³/mol. The Morgan fingerprint density at radius 2 is 1.66 bits per heavy atom. The second-order valence-electron chi connectivity index (χ2n) is 6.43. The second kappa shape index (κ2) is 9.98. The molecule has 7 heteroatoms. The molecule has 1 amide bonds. The number of esters is 1. The lowest BCUT2D eigenvalue weighted by molar-refractivity contribution is -0.145. The van der Waals surface area contributed by atoms with E-state index < -0.39 is 11.9 Å². The molecule has 29 heavy (non-hydrogen) atoms. The van der Waals surface area contributed by atoms with Gasteiger partial charge in [0, 0.05) is 25.1 Å². The molecule has 0 spiro atoms. The lowest BCUT2D eigenvalue weighted by atomic mass is 10.0. The van der Waals surface area contributed by atoms with E-state index in [1.54, 1.807) is 30.4 Å². The molecule has 0 aliphatic heterocycles. The van der Waals surface area contributed by atoms with Gasteiger partial charge in [0.2, 0.25) is 5.95 Å². The molecule has 0 aliphatic carbocycles. The van der Waals surface area contributed by atoms with Crippen LogP contribution in [0.3, 0.4) is 0 Å². The van der Waals surface area contributed by atoms with Crippen molar-refractivity contribution in [3.05, 3.63) is 84.2 Å². The second-order valence-corrected chi connectivity index (χ2v) is 6.43. The quantitative estimate of drug-likeness (QED) is 0.596. The molecule has 148 valence electrons. The SMILES string of the molecule is CN(CC(=O)OCC(=O)Nc1ccccc1Cc1ccccc1)c1ncccn1. The molecule has 1 N–H and O–H groups in total. The van der Waals surface area contributed by atoms with Gasteiger partial charge in [-0.15, -0.1) is 0 Å². The van der Waals surface area contributed by atoms with Gasteiger partial charge in [0.1, 0.15) is 6.54 Å². The predicted octanol–water partition coefficient (Wildman–Crippen LogP) is 2.69. The highest BCUT2D eigenvalue weighted by Crippen LogP contribution is 2.19. The van der Waals surface area contributed by atoms with Crippen LogP contribution in [0.5, 0.6) is 0 Å². The first-order valence-corrected chi connectivity index (χ1v) is 9.17. The minimum atomic E-state index is -0.535. The van der Waals surface area contributed by atoms with E-state index in [4.69, 9.17) is 4.74 Å². The minimum Gasteiger partial charge on any atom is -0.454 e. The number of likely N-dealkylation sites (N-methyl/N-ethyl adjacent to an activating group) is 1. The summed E-state index contributed by atoms with van der Waals surface area (Å²) in [7, 11) is 1.68. The van der Waals surface area contributed by atoms with Crippen molar-refractivity contribution in [2.24, 2.45) is 0 Å². The Morgan fingerprint density at radius 1 is 0.966 bits per heavy atom. The van der Waals surface area contributed by atoms with E-state index in [2.05, 4.69) is 15.3 Å². The van der Waals surface area contributed by atoms with Crippen molar-refractivity contribution in [2.45, 2.75) is 6.42 Å². The van der Waals surface area contributed by atoms with Crippen LogP contribution in [0.4, 0.5) is 11.6 Å². The molecular formula is C22H22N4O3. The number of hydrogen-bond acceptors (Lipinski definition) is 6. The van der Waals surface area contributed by atoms with E-state index in [-0.39, 0.29) is 13.2 Å². The summed E-state index contributed by atoms with van der Waals surface area (Å²) in [6, 6.07) is 19.3. The highest BCUT2D eigenvalue weighted by molar-refractivity contribution is 5.93. The highest BCUT2D eigenvalue weighted by atomic mass is 16.5. The fourth-order valence-corrected chi connectivity index (χ4v) is 2.74. The molecule has 0 bridgehead atoms. The van der Waals surface area contributed by atoms with Gasteiger partial charge in [-0.05, 0) is 29.7 Å². The Morgan fingerprint density at radius 3 is 2.41 bits per heavy atom. The van der Waals surface area contributed by atoms with Gasteiger partial charge in [0.15, 0.2) is 6.61 Å². The number of benzene rings is 2. The molecule has 3 aromatic rings. The van der Waals surface area contributed by atoms with E-state index in [0.29, 0.717) is 18.1 Å². The zero-order valence-electron chi connectivity index (χ0n) is 16.1. The maximum Gasteiger partial charge on any atom is 0.326 e. The van der Waals surface area contributed by atoms with E-state index >= 15 is 0 Å². The Kier molecular flexibility index (Phi) is 6.89. The van der Waals surface area contributed by atoms with Crippen molar-refractivity contribution in [3.63, 3.8) is 0 Å². The van der Waals surface area contributed by atoms with Crippen molar-refractivity contribution in [3.8, 4) is 0 Å². The Labute approximate surface area is 169 Å². The molecule has 0 unspecified atom stereocenters. The molecule has 2 aromatic carbocycles. The molecule has 0 saturated heterocycles. The molecule has 0 atom stereocenters. The molecular weight excluding hydrogens is 368 g/mol. The Bertz CT molecular complexity index is 949. The zero-order valence-corrected chi connectivity index (χ0v) is 16.1. The van der Waals surface area contributed by atoms with Crippen LogP contribution in [-0.2, 0) is 20.7 Å². The monoisotopic (exact) mass is 390 g/mol. The number of rotatable bonds is 8. The molecule has 0 saturated carbocycles. The first kappa shape index (κ1) is 20.0. The van der Waals surface area contributed by atoms with Crippen LogP contribution in [0.25, 0.3) is 0 Å². The fourth-order valence-electron chi connectivity index (χ4n) is 2.74. The molecule has 1 heterocycles. The summed E-state index contributed by atoms with van der Waals surface area (Å²) in [4.78, 5) is 33.9. The lowest BCUT2D eigenvalue weighted by Crippen LogP contribution is -2.30. The normalized spacial score (nSPS) is 10.2. The third kappa shape index (κ3) is 6.14. The number of amides is 1. The van der Waals surface area contributed by atoms with E-state index in [1.165, 1.54) is 0 Å². The summed E-state index contributed by atoms with van der Waals surface area (Å²) in [5.41, 5.74) is 2.83. The van der Waals surface area contributed by atoms with E-state index in [1.807, 2.05) is 54.6 Å². The molecule has 1 aromatic heterocycles. The standard InChI is InChI=1S/C22H22N4O3/c1-26(22-23-12-7-13-24-22)15-21(28)29-16-20(27)25-19-11-6-5-10-18(19)14-17-8-3-2-4-9-17/h2-13H,14-16H2,1H3,(H,25,27). The minimum absolute atomic E-state index is 0.0537. The topological polar surface area (TPSA) is 84.4 Å². The van der Waals surface area contributed by atoms with Crippen molar-refractivity contribution >= 4 is 23.5 Å². The number of carbonyl (C=O) groups excluding carboxylic acids is 2. The highest BCUT2D eigenvalue weighted by Gasteiger charge is 2.13. The first-order valence-electron chi connectivity index (χ1n) is 9.17. The maximum atomic E-state index is 12.3.